The van der Waals surface area contributed by atoms with E-state index in [1.807, 2.05) is 17.7 Å². The summed E-state index contributed by atoms with van der Waals surface area (Å²) in [5.74, 6) is 2.07. The van der Waals surface area contributed by atoms with Gasteiger partial charge >= 0.3 is 0 Å². The van der Waals surface area contributed by atoms with E-state index in [9.17, 15) is 4.79 Å². The molecule has 1 amide bonds. The lowest BCUT2D eigenvalue weighted by atomic mass is 10.3. The highest BCUT2D eigenvalue weighted by Crippen LogP contribution is 2.39. The van der Waals surface area contributed by atoms with E-state index in [-0.39, 0.29) is 5.91 Å². The van der Waals surface area contributed by atoms with Crippen molar-refractivity contribution in [1.29, 1.82) is 0 Å². The van der Waals surface area contributed by atoms with Crippen molar-refractivity contribution < 1.29 is 4.79 Å². The highest BCUT2D eigenvalue weighted by Gasteiger charge is 2.29. The lowest BCUT2D eigenvalue weighted by molar-refractivity contribution is -0.118. The summed E-state index contributed by atoms with van der Waals surface area (Å²) in [4.78, 5) is 13.1. The van der Waals surface area contributed by atoms with Crippen molar-refractivity contribution in [2.24, 2.45) is 7.05 Å². The maximum absolute atomic E-state index is 11.8. The van der Waals surface area contributed by atoms with Crippen molar-refractivity contribution in [1.82, 2.24) is 20.1 Å². The Hall–Kier alpha value is -1.34. The Bertz CT molecular complexity index is 605. The Morgan fingerprint density at radius 2 is 2.38 bits per heavy atom. The van der Waals surface area contributed by atoms with Crippen LogP contribution >= 0.6 is 23.1 Å². The molecule has 21 heavy (non-hydrogen) atoms. The third kappa shape index (κ3) is 3.85. The lowest BCUT2D eigenvalue weighted by Crippen LogP contribution is -2.27. The molecule has 0 saturated heterocycles. The zero-order valence-electron chi connectivity index (χ0n) is 11.9. The number of hydrogen-bond acceptors (Lipinski definition) is 5. The van der Waals surface area contributed by atoms with Crippen LogP contribution in [0.3, 0.4) is 0 Å². The smallest absolute Gasteiger partial charge is 0.230 e. The van der Waals surface area contributed by atoms with E-state index in [2.05, 4.69) is 27.0 Å². The number of nitrogens with one attached hydrogen (secondary N) is 1. The fraction of sp³-hybridized carbons (Fsp3) is 0.500. The number of thioether (sulfide) groups is 1. The van der Waals surface area contributed by atoms with Gasteiger partial charge in [0.1, 0.15) is 5.82 Å². The molecular formula is C14H18N4OS2. The number of carbonyl (C=O) groups excluding carboxylic acids is 1. The van der Waals surface area contributed by atoms with Crippen LogP contribution in [0.2, 0.25) is 0 Å². The first kappa shape index (κ1) is 14.6. The number of carbonyl (C=O) groups is 1. The van der Waals surface area contributed by atoms with E-state index in [1.54, 1.807) is 11.3 Å². The topological polar surface area (TPSA) is 59.8 Å². The van der Waals surface area contributed by atoms with Gasteiger partial charge in [0.2, 0.25) is 5.91 Å². The molecule has 7 heteroatoms. The normalized spacial score (nSPS) is 14.3. The molecule has 0 unspecified atom stereocenters. The first-order valence-corrected chi connectivity index (χ1v) is 8.91. The van der Waals surface area contributed by atoms with Gasteiger partial charge in [0.05, 0.1) is 5.75 Å². The average molecular weight is 322 g/mol. The molecule has 0 radical (unpaired) electrons. The highest BCUT2D eigenvalue weighted by molar-refractivity contribution is 7.99. The molecular weight excluding hydrogens is 304 g/mol. The zero-order chi connectivity index (χ0) is 14.7. The van der Waals surface area contributed by atoms with E-state index < -0.39 is 0 Å². The van der Waals surface area contributed by atoms with Crippen LogP contribution < -0.4 is 5.32 Å². The molecule has 0 bridgehead atoms. The van der Waals surface area contributed by atoms with Gasteiger partial charge in [0.25, 0.3) is 0 Å². The fourth-order valence-corrected chi connectivity index (χ4v) is 3.57. The second-order valence-electron chi connectivity index (χ2n) is 5.14. The Kier molecular flexibility index (Phi) is 4.60. The van der Waals surface area contributed by atoms with Crippen LogP contribution in [0, 0.1) is 0 Å². The summed E-state index contributed by atoms with van der Waals surface area (Å²) >= 11 is 3.17. The van der Waals surface area contributed by atoms with Gasteiger partial charge in [-0.25, -0.2) is 0 Å². The molecule has 112 valence electrons. The lowest BCUT2D eigenvalue weighted by Gasteiger charge is -2.04. The number of aromatic nitrogens is 3. The molecule has 1 saturated carbocycles. The van der Waals surface area contributed by atoms with Crippen molar-refractivity contribution in [2.75, 3.05) is 12.3 Å². The molecule has 1 N–H and O–H groups in total. The van der Waals surface area contributed by atoms with Crippen LogP contribution in [-0.2, 0) is 18.3 Å². The minimum absolute atomic E-state index is 0.0486. The maximum Gasteiger partial charge on any atom is 0.230 e. The molecule has 2 aromatic heterocycles. The molecule has 2 aromatic rings. The summed E-state index contributed by atoms with van der Waals surface area (Å²) in [6.45, 7) is 0.687. The van der Waals surface area contributed by atoms with Gasteiger partial charge < -0.3 is 9.88 Å². The van der Waals surface area contributed by atoms with E-state index >= 15 is 0 Å². The van der Waals surface area contributed by atoms with Crippen LogP contribution in [0.25, 0.3) is 0 Å². The molecule has 1 fully saturated rings. The number of hydrogen-bond donors (Lipinski definition) is 1. The van der Waals surface area contributed by atoms with E-state index in [1.165, 1.54) is 29.5 Å². The molecule has 1 aliphatic carbocycles. The van der Waals surface area contributed by atoms with E-state index in [0.717, 1.165) is 17.4 Å². The van der Waals surface area contributed by atoms with Crippen molar-refractivity contribution >= 4 is 29.0 Å². The summed E-state index contributed by atoms with van der Waals surface area (Å²) < 4.78 is 2.02. The third-order valence-corrected chi connectivity index (χ3v) is 5.37. The van der Waals surface area contributed by atoms with Crippen molar-refractivity contribution in [3.8, 4) is 0 Å². The predicted molar refractivity (Wildman–Crippen MR) is 84.7 cm³/mol. The Morgan fingerprint density at radius 1 is 1.52 bits per heavy atom. The number of rotatable bonds is 7. The highest BCUT2D eigenvalue weighted by atomic mass is 32.2. The minimum atomic E-state index is 0.0486. The van der Waals surface area contributed by atoms with Crippen LogP contribution in [0.1, 0.15) is 29.5 Å². The monoisotopic (exact) mass is 322 g/mol. The van der Waals surface area contributed by atoms with Gasteiger partial charge in [-0.2, -0.15) is 0 Å². The Balaban J connectivity index is 1.41. The van der Waals surface area contributed by atoms with Gasteiger partial charge in [0.15, 0.2) is 5.16 Å². The van der Waals surface area contributed by atoms with Crippen LogP contribution in [0.4, 0.5) is 0 Å². The van der Waals surface area contributed by atoms with Crippen LogP contribution in [0.15, 0.2) is 22.7 Å². The molecule has 0 aromatic carbocycles. The van der Waals surface area contributed by atoms with Crippen molar-refractivity contribution in [3.05, 3.63) is 28.2 Å². The van der Waals surface area contributed by atoms with Crippen molar-refractivity contribution in [3.63, 3.8) is 0 Å². The second kappa shape index (κ2) is 6.62. The first-order valence-electron chi connectivity index (χ1n) is 7.05. The van der Waals surface area contributed by atoms with Crippen molar-refractivity contribution in [2.45, 2.75) is 30.3 Å². The van der Waals surface area contributed by atoms with Crippen LogP contribution in [0.5, 0.6) is 0 Å². The number of thiophene rings is 1. The first-order chi connectivity index (χ1) is 10.2. The quantitative estimate of drug-likeness (QED) is 0.794. The van der Waals surface area contributed by atoms with Gasteiger partial charge in [0, 0.05) is 24.4 Å². The Morgan fingerprint density at radius 3 is 3.10 bits per heavy atom. The molecule has 3 rings (SSSR count). The standard InChI is InChI=1S/C14H18N4OS2/c1-18-13(10-4-5-10)16-17-14(18)21-9-12(19)15-7-6-11-3-2-8-20-11/h2-3,8,10H,4-7,9H2,1H3,(H,15,19). The van der Waals surface area contributed by atoms with Gasteiger partial charge in [-0.3, -0.25) is 4.79 Å². The predicted octanol–water partition coefficient (Wildman–Crippen LogP) is 2.21. The molecule has 5 nitrogen and oxygen atoms in total. The van der Waals surface area contributed by atoms with E-state index in [0.29, 0.717) is 18.2 Å². The third-order valence-electron chi connectivity index (χ3n) is 3.42. The van der Waals surface area contributed by atoms with Gasteiger partial charge in [-0.15, -0.1) is 21.5 Å². The summed E-state index contributed by atoms with van der Waals surface area (Å²) in [7, 11) is 1.98. The number of nitrogens with zero attached hydrogens (tertiary/aromatic N) is 3. The van der Waals surface area contributed by atoms with E-state index in [4.69, 9.17) is 0 Å². The summed E-state index contributed by atoms with van der Waals surface area (Å²) in [6, 6.07) is 4.12. The Labute approximate surface area is 132 Å². The van der Waals surface area contributed by atoms with Gasteiger partial charge in [-0.05, 0) is 30.7 Å². The maximum atomic E-state index is 11.8. The van der Waals surface area contributed by atoms with Gasteiger partial charge in [-0.1, -0.05) is 17.8 Å². The SMILES string of the molecule is Cn1c(SCC(=O)NCCc2cccs2)nnc1C1CC1. The molecule has 2 heterocycles. The minimum Gasteiger partial charge on any atom is -0.355 e. The summed E-state index contributed by atoms with van der Waals surface area (Å²) in [5, 5.41) is 14.2. The molecule has 0 atom stereocenters. The van der Waals surface area contributed by atoms with Crippen LogP contribution in [-0.4, -0.2) is 33.0 Å². The fourth-order valence-electron chi connectivity index (χ4n) is 2.11. The largest absolute Gasteiger partial charge is 0.355 e. The molecule has 1 aliphatic rings. The molecule has 0 spiro atoms. The summed E-state index contributed by atoms with van der Waals surface area (Å²) in [6.07, 6.45) is 3.31. The molecule has 0 aliphatic heterocycles. The summed E-state index contributed by atoms with van der Waals surface area (Å²) in [5.41, 5.74) is 0. The average Bonchev–Trinajstić information content (AvgIpc) is 3.05. The number of amides is 1. The zero-order valence-corrected chi connectivity index (χ0v) is 13.5. The second-order valence-corrected chi connectivity index (χ2v) is 7.12.